The molecule has 0 spiro atoms. The van der Waals surface area contributed by atoms with Gasteiger partial charge >= 0.3 is 6.09 Å². The van der Waals surface area contributed by atoms with Crippen molar-refractivity contribution in [1.82, 2.24) is 4.90 Å². The van der Waals surface area contributed by atoms with E-state index in [0.29, 0.717) is 28.4 Å². The lowest BCUT2D eigenvalue weighted by Gasteiger charge is -2.47. The van der Waals surface area contributed by atoms with Gasteiger partial charge in [0.15, 0.2) is 16.9 Å². The molecule has 10 heteroatoms. The van der Waals surface area contributed by atoms with Crippen molar-refractivity contribution in [3.63, 3.8) is 0 Å². The van der Waals surface area contributed by atoms with Crippen LogP contribution in [-0.2, 0) is 4.74 Å². The van der Waals surface area contributed by atoms with Crippen LogP contribution in [0.15, 0.2) is 23.8 Å². The van der Waals surface area contributed by atoms with E-state index in [9.17, 15) is 20.6 Å². The summed E-state index contributed by atoms with van der Waals surface area (Å²) in [5, 5.41) is 39.0. The van der Waals surface area contributed by atoms with Gasteiger partial charge < -0.3 is 29.3 Å². The van der Waals surface area contributed by atoms with Crippen molar-refractivity contribution in [2.45, 2.75) is 12.8 Å². The maximum atomic E-state index is 12.5. The van der Waals surface area contributed by atoms with Crippen molar-refractivity contribution in [3.05, 3.63) is 29.3 Å². The minimum atomic E-state index is -1.95. The summed E-state index contributed by atoms with van der Waals surface area (Å²) < 4.78 is 21.5. The van der Waals surface area contributed by atoms with Gasteiger partial charge in [0.2, 0.25) is 5.75 Å². The molecule has 1 aliphatic carbocycles. The normalized spacial score (nSPS) is 22.7. The standard InChI is InChI=1S/C24H25N5O5/c1-5-34-23(30)29-7-6-15-16(10-25)22(28)24(12-26,13-27)20(17(15)11-29)14-8-18(31-2)21(33-4)19(9-14)32-3/h6,8-9,16-17,20,28H,5,7,11H2,1-4H3/t16?,17-,20+/m0/s1. The zero-order valence-corrected chi connectivity index (χ0v) is 19.4. The second-order valence-electron chi connectivity index (χ2n) is 7.86. The predicted molar refractivity (Wildman–Crippen MR) is 119 cm³/mol. The number of nitrogens with one attached hydrogen (secondary N) is 1. The van der Waals surface area contributed by atoms with Gasteiger partial charge in [-0.2, -0.15) is 15.8 Å². The summed E-state index contributed by atoms with van der Waals surface area (Å²) in [6.07, 6.45) is 1.19. The number of ether oxygens (including phenoxy) is 4. The van der Waals surface area contributed by atoms with Crippen molar-refractivity contribution >= 4 is 11.8 Å². The van der Waals surface area contributed by atoms with Crippen molar-refractivity contribution < 1.29 is 23.7 Å². The van der Waals surface area contributed by atoms with E-state index in [1.807, 2.05) is 12.1 Å². The van der Waals surface area contributed by atoms with Crippen molar-refractivity contribution in [2.75, 3.05) is 41.0 Å². The molecule has 1 fully saturated rings. The average Bonchev–Trinajstić information content (AvgIpc) is 2.87. The number of nitrogens with zero attached hydrogens (tertiary/aromatic N) is 4. The maximum Gasteiger partial charge on any atom is 0.410 e. The lowest BCUT2D eigenvalue weighted by molar-refractivity contribution is 0.0992. The number of amides is 1. The van der Waals surface area contributed by atoms with Crippen LogP contribution in [-0.4, -0.2) is 57.7 Å². The van der Waals surface area contributed by atoms with E-state index in [-0.39, 0.29) is 25.4 Å². The molecule has 2 aliphatic rings. The van der Waals surface area contributed by atoms with Crippen LogP contribution in [0, 0.1) is 56.7 Å². The van der Waals surface area contributed by atoms with Crippen LogP contribution in [0.25, 0.3) is 0 Å². The van der Waals surface area contributed by atoms with Gasteiger partial charge in [0.1, 0.15) is 5.92 Å². The van der Waals surface area contributed by atoms with Gasteiger partial charge in [-0.15, -0.1) is 0 Å². The minimum Gasteiger partial charge on any atom is -0.493 e. The van der Waals surface area contributed by atoms with E-state index < -0.39 is 29.3 Å². The Kier molecular flexibility index (Phi) is 6.98. The molecule has 0 aromatic heterocycles. The van der Waals surface area contributed by atoms with Gasteiger partial charge in [0, 0.05) is 24.9 Å². The largest absolute Gasteiger partial charge is 0.493 e. The topological polar surface area (TPSA) is 152 Å². The summed E-state index contributed by atoms with van der Waals surface area (Å²) in [5.41, 5.74) is -1.15. The van der Waals surface area contributed by atoms with Gasteiger partial charge in [0.05, 0.1) is 51.9 Å². The molecule has 10 nitrogen and oxygen atoms in total. The van der Waals surface area contributed by atoms with Crippen LogP contribution >= 0.6 is 0 Å². The molecule has 1 saturated carbocycles. The fraction of sp³-hybridized carbons (Fsp3) is 0.458. The van der Waals surface area contributed by atoms with E-state index in [2.05, 4.69) is 6.07 Å². The lowest BCUT2D eigenvalue weighted by atomic mass is 9.54. The van der Waals surface area contributed by atoms with Crippen LogP contribution in [0.1, 0.15) is 18.4 Å². The molecule has 3 rings (SSSR count). The van der Waals surface area contributed by atoms with E-state index >= 15 is 0 Å². The Morgan fingerprint density at radius 3 is 2.24 bits per heavy atom. The third-order valence-corrected chi connectivity index (χ3v) is 6.36. The predicted octanol–water partition coefficient (Wildman–Crippen LogP) is 3.02. The number of fused-ring (bicyclic) bond motifs is 1. The zero-order valence-electron chi connectivity index (χ0n) is 19.4. The molecule has 1 aromatic carbocycles. The Morgan fingerprint density at radius 2 is 1.76 bits per heavy atom. The van der Waals surface area contributed by atoms with Crippen LogP contribution in [0.2, 0.25) is 0 Å². The van der Waals surface area contributed by atoms with Crippen LogP contribution in [0.5, 0.6) is 17.2 Å². The number of methoxy groups -OCH3 is 3. The minimum absolute atomic E-state index is 0.114. The molecule has 0 bridgehead atoms. The number of nitriles is 3. The second kappa shape index (κ2) is 9.72. The molecule has 3 atom stereocenters. The maximum absolute atomic E-state index is 12.5. The number of hydrogen-bond acceptors (Lipinski definition) is 9. The Labute approximate surface area is 198 Å². The van der Waals surface area contributed by atoms with Crippen LogP contribution < -0.4 is 14.2 Å². The quantitative estimate of drug-likeness (QED) is 0.654. The monoisotopic (exact) mass is 463 g/mol. The van der Waals surface area contributed by atoms with Gasteiger partial charge in [-0.05, 0) is 30.2 Å². The Balaban J connectivity index is 2.29. The Hall–Kier alpha value is -4.23. The van der Waals surface area contributed by atoms with Gasteiger partial charge in [-0.25, -0.2) is 4.79 Å². The number of hydrogen-bond donors (Lipinski definition) is 1. The summed E-state index contributed by atoms with van der Waals surface area (Å²) >= 11 is 0. The first-order valence-corrected chi connectivity index (χ1v) is 10.6. The van der Waals surface area contributed by atoms with Crippen LogP contribution in [0.4, 0.5) is 4.79 Å². The Morgan fingerprint density at radius 1 is 1.15 bits per heavy atom. The highest BCUT2D eigenvalue weighted by molar-refractivity contribution is 6.01. The van der Waals surface area contributed by atoms with Gasteiger partial charge in [0.25, 0.3) is 0 Å². The molecule has 1 heterocycles. The molecule has 1 unspecified atom stereocenters. The van der Waals surface area contributed by atoms with E-state index in [1.54, 1.807) is 25.1 Å². The van der Waals surface area contributed by atoms with Gasteiger partial charge in [-0.1, -0.05) is 6.08 Å². The summed E-state index contributed by atoms with van der Waals surface area (Å²) in [7, 11) is 4.36. The second-order valence-corrected chi connectivity index (χ2v) is 7.86. The van der Waals surface area contributed by atoms with Crippen molar-refractivity contribution in [3.8, 4) is 35.5 Å². The first kappa shape index (κ1) is 24.4. The van der Waals surface area contributed by atoms with Crippen LogP contribution in [0.3, 0.4) is 0 Å². The highest BCUT2D eigenvalue weighted by Crippen LogP contribution is 2.55. The van der Waals surface area contributed by atoms with Crippen molar-refractivity contribution in [2.24, 2.45) is 17.3 Å². The highest BCUT2D eigenvalue weighted by atomic mass is 16.6. The molecule has 0 saturated heterocycles. The van der Waals surface area contributed by atoms with E-state index in [0.717, 1.165) is 0 Å². The summed E-state index contributed by atoms with van der Waals surface area (Å²) in [4.78, 5) is 14.0. The third kappa shape index (κ3) is 3.66. The third-order valence-electron chi connectivity index (χ3n) is 6.36. The summed E-state index contributed by atoms with van der Waals surface area (Å²) in [5.74, 6) is -1.57. The lowest BCUT2D eigenvalue weighted by Crippen LogP contribution is -2.53. The SMILES string of the molecule is CCOC(=O)N1CC=C2C(C#N)C(=N)C(C#N)(C#N)[C@H](c3cc(OC)c(OC)c(OC)c3)[C@H]2C1. The molecule has 1 N–H and O–H groups in total. The zero-order chi connectivity index (χ0) is 25.0. The summed E-state index contributed by atoms with van der Waals surface area (Å²) in [6.45, 7) is 2.21. The number of carbonyl (C=O) groups is 1. The molecule has 176 valence electrons. The molecule has 34 heavy (non-hydrogen) atoms. The number of carbonyl (C=O) groups excluding carboxylic acids is 1. The average molecular weight is 463 g/mol. The number of benzene rings is 1. The Bertz CT molecular complexity index is 1120. The van der Waals surface area contributed by atoms with Gasteiger partial charge in [-0.3, -0.25) is 0 Å². The molecule has 0 radical (unpaired) electrons. The molecular weight excluding hydrogens is 438 g/mol. The first-order chi connectivity index (χ1) is 16.4. The van der Waals surface area contributed by atoms with E-state index in [4.69, 9.17) is 24.4 Å². The fourth-order valence-corrected chi connectivity index (χ4v) is 4.83. The summed E-state index contributed by atoms with van der Waals surface area (Å²) in [6, 6.07) is 9.40. The van der Waals surface area contributed by atoms with E-state index in [1.165, 1.54) is 26.2 Å². The van der Waals surface area contributed by atoms with Crippen molar-refractivity contribution in [1.29, 1.82) is 21.2 Å². The molecule has 1 aromatic rings. The first-order valence-electron chi connectivity index (χ1n) is 10.6. The molecule has 1 aliphatic heterocycles. The molecular formula is C24H25N5O5. The fourth-order valence-electron chi connectivity index (χ4n) is 4.83. The smallest absolute Gasteiger partial charge is 0.410 e. The molecule has 1 amide bonds. The highest BCUT2D eigenvalue weighted by Gasteiger charge is 2.58. The number of rotatable bonds is 5.